The number of hydrogen-bond acceptors (Lipinski definition) is 16. The van der Waals surface area contributed by atoms with Crippen LogP contribution in [0.1, 0.15) is 38.5 Å². The molecule has 10 amide bonds. The van der Waals surface area contributed by atoms with Crippen LogP contribution < -0.4 is 50.3 Å². The molecule has 5 aromatic heterocycles. The summed E-state index contributed by atoms with van der Waals surface area (Å²) in [5, 5.41) is 21.4. The molecule has 15 aromatic rings. The summed E-state index contributed by atoms with van der Waals surface area (Å²) in [6.07, 6.45) is 14.8. The predicted molar refractivity (Wildman–Crippen MR) is 533 cm³/mol. The average molecular weight is 1960 g/mol. The van der Waals surface area contributed by atoms with Crippen LogP contribution in [0.5, 0.6) is 28.9 Å². The Kier molecular flexibility index (Phi) is 25.6. The number of nitrogens with one attached hydrogen (secondary N) is 5. The summed E-state index contributed by atoms with van der Waals surface area (Å²) in [5.74, 6) is 3.74. The molecular formula is C107H93Cl4F3N16O10. The van der Waals surface area contributed by atoms with E-state index in [0.29, 0.717) is 109 Å². The van der Waals surface area contributed by atoms with E-state index in [0.717, 1.165) is 139 Å². The number of ether oxygens (including phenoxy) is 5. The molecule has 5 saturated heterocycles. The van der Waals surface area contributed by atoms with Crippen molar-refractivity contribution in [3.8, 4) is 28.9 Å². The highest BCUT2D eigenvalue weighted by Gasteiger charge is 2.61. The van der Waals surface area contributed by atoms with Crippen molar-refractivity contribution < 1.29 is 60.8 Å². The molecule has 4 atom stereocenters. The van der Waals surface area contributed by atoms with Gasteiger partial charge >= 0.3 is 30.2 Å². The number of nitrogens with zero attached hydrogens (tertiary/aromatic N) is 11. The monoisotopic (exact) mass is 1960 g/mol. The Bertz CT molecular complexity index is 6780. The van der Waals surface area contributed by atoms with E-state index in [1.165, 1.54) is 54.9 Å². The Morgan fingerprint density at radius 2 is 0.636 bits per heavy atom. The zero-order valence-electron chi connectivity index (χ0n) is 75.3. The van der Waals surface area contributed by atoms with Crippen LogP contribution in [0.3, 0.4) is 0 Å². The van der Waals surface area contributed by atoms with Crippen LogP contribution in [0.25, 0.3) is 54.5 Å². The molecule has 10 fully saturated rings. The van der Waals surface area contributed by atoms with Crippen LogP contribution in [0.2, 0.25) is 20.1 Å². The fraction of sp³-hybridized carbons (Fsp3) is 0.262. The maximum atomic E-state index is 13.6. The number of fused-ring (bicyclic) bond motifs is 7. The smallest absolute Gasteiger partial charge is 0.321 e. The van der Waals surface area contributed by atoms with E-state index in [9.17, 15) is 37.1 Å². The molecule has 0 radical (unpaired) electrons. The zero-order chi connectivity index (χ0) is 95.9. The van der Waals surface area contributed by atoms with Gasteiger partial charge in [0.05, 0.1) is 39.2 Å². The lowest BCUT2D eigenvalue weighted by molar-refractivity contribution is -0.0990. The fourth-order valence-corrected chi connectivity index (χ4v) is 20.8. The molecule has 10 heterocycles. The summed E-state index contributed by atoms with van der Waals surface area (Å²) in [6, 6.07) is 73.9. The molecule has 10 aromatic carbocycles. The van der Waals surface area contributed by atoms with Crippen LogP contribution >= 0.6 is 46.4 Å². The van der Waals surface area contributed by atoms with Crippen molar-refractivity contribution in [2.45, 2.75) is 69.0 Å². The first-order chi connectivity index (χ1) is 67.9. The van der Waals surface area contributed by atoms with Gasteiger partial charge in [0.2, 0.25) is 5.88 Å². The number of halogens is 7. The number of urea groups is 5. The van der Waals surface area contributed by atoms with E-state index in [-0.39, 0.29) is 106 Å². The van der Waals surface area contributed by atoms with Crippen LogP contribution in [-0.2, 0) is 0 Å². The predicted octanol–water partition coefficient (Wildman–Crippen LogP) is 22.9. The third kappa shape index (κ3) is 20.7. The summed E-state index contributed by atoms with van der Waals surface area (Å²) in [7, 11) is 0. The van der Waals surface area contributed by atoms with Crippen molar-refractivity contribution in [1.82, 2.24) is 54.4 Å². The van der Waals surface area contributed by atoms with Gasteiger partial charge in [-0.3, -0.25) is 19.9 Å². The first-order valence-corrected chi connectivity index (χ1v) is 47.8. The highest BCUT2D eigenvalue weighted by atomic mass is 35.5. The second-order valence-electron chi connectivity index (χ2n) is 37.7. The minimum absolute atomic E-state index is 0.0174. The second-order valence-corrected chi connectivity index (χ2v) is 39.4. The van der Waals surface area contributed by atoms with E-state index in [1.54, 1.807) is 144 Å². The molecule has 33 heteroatoms. The highest BCUT2D eigenvalue weighted by Crippen LogP contribution is 2.55. The van der Waals surface area contributed by atoms with Crippen molar-refractivity contribution >= 4 is 160 Å². The van der Waals surface area contributed by atoms with Gasteiger partial charge in [-0.05, 0) is 251 Å². The van der Waals surface area contributed by atoms with Crippen molar-refractivity contribution in [3.63, 3.8) is 0 Å². The molecular weight excluding hydrogens is 1870 g/mol. The Morgan fingerprint density at radius 3 is 1.05 bits per heavy atom. The molecule has 5 aliphatic carbocycles. The normalized spacial score (nSPS) is 19.8. The van der Waals surface area contributed by atoms with Gasteiger partial charge in [-0.25, -0.2) is 47.1 Å². The van der Waals surface area contributed by atoms with E-state index < -0.39 is 0 Å². The summed E-state index contributed by atoms with van der Waals surface area (Å²) in [4.78, 5) is 96.8. The molecule has 5 saturated carbocycles. The number of rotatable bonds is 15. The van der Waals surface area contributed by atoms with Gasteiger partial charge < -0.3 is 74.8 Å². The minimum atomic E-state index is -0.344. The Morgan fingerprint density at radius 1 is 0.307 bits per heavy atom. The summed E-state index contributed by atoms with van der Waals surface area (Å²) < 4.78 is 70.8. The van der Waals surface area contributed by atoms with Crippen molar-refractivity contribution in [2.75, 3.05) is 92.0 Å². The number of para-hydroxylation sites is 3. The quantitative estimate of drug-likeness (QED) is 0.0637. The average Bonchev–Trinajstić information content (AvgIpc) is 1.66. The molecule has 25 rings (SSSR count). The maximum absolute atomic E-state index is 13.6. The van der Waals surface area contributed by atoms with Gasteiger partial charge in [-0.2, -0.15) is 0 Å². The summed E-state index contributed by atoms with van der Waals surface area (Å²) in [6.45, 7) is 7.13. The number of likely N-dealkylation sites (tertiary alicyclic amines) is 5. The van der Waals surface area contributed by atoms with Crippen LogP contribution in [-0.4, -0.2) is 181 Å². The van der Waals surface area contributed by atoms with Crippen LogP contribution in [0, 0.1) is 57.4 Å². The third-order valence-electron chi connectivity index (χ3n) is 27.7. The zero-order valence-corrected chi connectivity index (χ0v) is 78.3. The topological polar surface area (TPSA) is 285 Å². The number of aromatic nitrogens is 6. The van der Waals surface area contributed by atoms with E-state index in [4.69, 9.17) is 70.1 Å². The first-order valence-electron chi connectivity index (χ1n) is 46.3. The molecule has 710 valence electrons. The molecule has 5 N–H and O–H groups in total. The molecule has 26 nitrogen and oxygen atoms in total. The lowest BCUT2D eigenvalue weighted by Gasteiger charge is -2.58. The molecule has 3 spiro atoms. The van der Waals surface area contributed by atoms with Crippen LogP contribution in [0.15, 0.2) is 286 Å². The van der Waals surface area contributed by atoms with Gasteiger partial charge in [-0.1, -0.05) is 88.9 Å². The van der Waals surface area contributed by atoms with Gasteiger partial charge in [0.15, 0.2) is 0 Å². The molecule has 5 aliphatic heterocycles. The van der Waals surface area contributed by atoms with Gasteiger partial charge in [0, 0.05) is 194 Å². The molecule has 140 heavy (non-hydrogen) atoms. The Labute approximate surface area is 822 Å². The summed E-state index contributed by atoms with van der Waals surface area (Å²) in [5.41, 5.74) is 8.35. The van der Waals surface area contributed by atoms with E-state index in [2.05, 4.69) is 56.5 Å². The number of anilines is 5. The number of carbonyl (C=O) groups excluding carboxylic acids is 5. The first kappa shape index (κ1) is 91.9. The largest absolute Gasteiger partial charge is 0.490 e. The minimum Gasteiger partial charge on any atom is -0.490 e. The van der Waals surface area contributed by atoms with Crippen molar-refractivity contribution in [1.29, 1.82) is 0 Å². The van der Waals surface area contributed by atoms with Gasteiger partial charge in [0.25, 0.3) is 0 Å². The second kappa shape index (κ2) is 39.0. The van der Waals surface area contributed by atoms with Gasteiger partial charge in [0.1, 0.15) is 77.3 Å². The fourth-order valence-electron chi connectivity index (χ4n) is 20.3. The number of amides is 10. The lowest BCUT2D eigenvalue weighted by atomic mass is 9.62. The van der Waals surface area contributed by atoms with Crippen LogP contribution in [0.4, 0.5) is 65.6 Å². The number of pyridine rings is 4. The van der Waals surface area contributed by atoms with Crippen molar-refractivity contribution in [2.24, 2.45) is 39.9 Å². The number of piperidine rings is 2. The lowest BCUT2D eigenvalue weighted by Crippen LogP contribution is -2.66. The third-order valence-corrected chi connectivity index (χ3v) is 28.7. The van der Waals surface area contributed by atoms with E-state index >= 15 is 0 Å². The maximum Gasteiger partial charge on any atom is 0.321 e. The van der Waals surface area contributed by atoms with E-state index in [1.807, 2.05) is 112 Å². The SMILES string of the molecule is O=C(Nc1ccc(Cl)cc1)N1CC2(CC(Oc3ccnc4ccccc34)C2)C1.O=C(Nc1ccc(Cl)cc1)N1CC2(CC(Oc3cnc4ccccc4c3)C2)C1.O=C(Nc1ccc(Cl)cc1)N1CC2(CC(Oc3ncnc4ccccc34)C2)C1.O=C(Nc1ccc(Cl)cc1)N1CC2C(C1)C2Oc1ccnc2ccc(F)cc12.O=C(Nc1ccc(F)cc1)N1CC2C(C1)C2Oc1ccnc2ccc(F)cc12. The Hall–Kier alpha value is -14.5. The number of hydrogen-bond donors (Lipinski definition) is 5. The van der Waals surface area contributed by atoms with Gasteiger partial charge in [-0.15, -0.1) is 0 Å². The molecule has 10 aliphatic rings. The Balaban J connectivity index is 0.000000104. The number of carbonyl (C=O) groups is 5. The summed E-state index contributed by atoms with van der Waals surface area (Å²) >= 11 is 23.5. The van der Waals surface area contributed by atoms with Crippen molar-refractivity contribution in [3.05, 3.63) is 323 Å². The molecule has 4 unspecified atom stereocenters. The standard InChI is InChI=1S/2C22H20ClN3O2.C21H17ClFN3O2.C21H19ClN4O2.C21H17F2N3O2/c23-16-5-7-17(8-6-16)25-21(27)26-13-22(14-26)10-19(11-22)28-18-9-15-3-1-2-4-20(15)24-12-18;23-15-5-7-16(8-6-15)25-21(27)26-13-22(14-26)11-17(12-22)28-20-9-10-24-19-4-2-1-3-18(19)20;22-12-1-4-14(5-2-12)25-21(27)26-10-16-17(11-26)20(16)28-19-7-8-24-18-6-3-13(23)9-15(18)19;22-14-5-7-15(8-6-14)25-20(27)26-11-21(12-26)9-16(10-21)28-19-17-3-1-2-4-18(17)23-13-24-19;22-12-1-4-14(5-2-12)25-21(27)26-10-16-17(11-26)20(16)28-19-7-8-24-18-6-3-13(23)9-15(18)19/h1-9,12,19H,10-11,13-14H2,(H,25,27);1-10,17H,11-14H2,(H,25,27);1-9,16-17,20H,10-11H2,(H,25,27);1-8,13,16H,9-12H2,(H,25,27);1-9,16-17,20H,10-11H2,(H,25,27). The molecule has 0 bridgehead atoms. The number of benzene rings is 10. The highest BCUT2D eigenvalue weighted by molar-refractivity contribution is 6.31.